The van der Waals surface area contributed by atoms with Gasteiger partial charge in [0.15, 0.2) is 0 Å². The lowest BCUT2D eigenvalue weighted by atomic mass is 10.1. The fourth-order valence-corrected chi connectivity index (χ4v) is 2.55. The second-order valence-corrected chi connectivity index (χ2v) is 4.81. The van der Waals surface area contributed by atoms with Gasteiger partial charge in [0.2, 0.25) is 0 Å². The van der Waals surface area contributed by atoms with Gasteiger partial charge in [0.25, 0.3) is 0 Å². The van der Waals surface area contributed by atoms with Crippen LogP contribution in [0.15, 0.2) is 24.7 Å². The highest BCUT2D eigenvalue weighted by molar-refractivity contribution is 5.52. The molecule has 0 radical (unpaired) electrons. The topological polar surface area (TPSA) is 46.8 Å². The summed E-state index contributed by atoms with van der Waals surface area (Å²) in [6, 6.07) is 2.38. The summed E-state index contributed by atoms with van der Waals surface area (Å²) in [5.74, 6) is 0. The van der Waals surface area contributed by atoms with Gasteiger partial charge in [-0.3, -0.25) is 19.5 Å². The summed E-state index contributed by atoms with van der Waals surface area (Å²) in [6.07, 6.45) is 7.94. The van der Waals surface area contributed by atoms with Gasteiger partial charge in [-0.2, -0.15) is 5.10 Å². The van der Waals surface area contributed by atoms with E-state index in [0.29, 0.717) is 6.04 Å². The molecule has 2 aromatic rings. The van der Waals surface area contributed by atoms with Gasteiger partial charge in [0.05, 0.1) is 29.8 Å². The number of likely N-dealkylation sites (tertiary alicyclic amines) is 1. The second kappa shape index (κ2) is 4.49. The number of hydrogen-bond donors (Lipinski definition) is 0. The van der Waals surface area contributed by atoms with E-state index in [4.69, 9.17) is 0 Å². The second-order valence-electron chi connectivity index (χ2n) is 4.81. The Morgan fingerprint density at radius 2 is 2.11 bits per heavy atom. The highest BCUT2D eigenvalue weighted by Gasteiger charge is 2.23. The first-order chi connectivity index (χ1) is 8.75. The zero-order valence-electron chi connectivity index (χ0n) is 10.7. The molecule has 1 aliphatic rings. The number of hydrogen-bond acceptors (Lipinski definition) is 4. The first-order valence-electron chi connectivity index (χ1n) is 6.26. The maximum Gasteiger partial charge on any atom is 0.107 e. The van der Waals surface area contributed by atoms with E-state index in [-0.39, 0.29) is 0 Å². The Bertz CT molecular complexity index is 531. The third-order valence-electron chi connectivity index (χ3n) is 3.62. The Hall–Kier alpha value is -1.75. The van der Waals surface area contributed by atoms with Gasteiger partial charge in [-0.15, -0.1) is 0 Å². The summed E-state index contributed by atoms with van der Waals surface area (Å²) in [4.78, 5) is 11.4. The Labute approximate surface area is 106 Å². The van der Waals surface area contributed by atoms with Crippen molar-refractivity contribution >= 4 is 0 Å². The molecule has 0 aliphatic carbocycles. The number of aromatic nitrogens is 4. The van der Waals surface area contributed by atoms with E-state index in [1.807, 2.05) is 30.2 Å². The van der Waals surface area contributed by atoms with Crippen LogP contribution in [0.5, 0.6) is 0 Å². The molecular weight excluding hydrogens is 226 g/mol. The third kappa shape index (κ3) is 1.90. The average Bonchev–Trinajstić information content (AvgIpc) is 2.98. The van der Waals surface area contributed by atoms with Gasteiger partial charge in [-0.05, 0) is 32.5 Å². The Morgan fingerprint density at radius 1 is 1.22 bits per heavy atom. The van der Waals surface area contributed by atoms with Crippen LogP contribution in [0, 0.1) is 0 Å². The maximum absolute atomic E-state index is 4.56. The van der Waals surface area contributed by atoms with Gasteiger partial charge in [0.1, 0.15) is 5.69 Å². The van der Waals surface area contributed by atoms with Crippen molar-refractivity contribution in [3.05, 3.63) is 30.4 Å². The summed E-state index contributed by atoms with van der Waals surface area (Å²) in [5, 5.41) is 4.15. The third-order valence-corrected chi connectivity index (χ3v) is 3.62. The summed E-state index contributed by atoms with van der Waals surface area (Å²) in [6.45, 7) is 1.15. The molecule has 3 rings (SSSR count). The molecule has 2 aromatic heterocycles. The summed E-state index contributed by atoms with van der Waals surface area (Å²) in [7, 11) is 4.06. The average molecular weight is 243 g/mol. The predicted molar refractivity (Wildman–Crippen MR) is 68.8 cm³/mol. The fraction of sp³-hybridized carbons (Fsp3) is 0.462. The molecule has 0 aromatic carbocycles. The van der Waals surface area contributed by atoms with Crippen LogP contribution in [-0.2, 0) is 7.05 Å². The molecule has 3 heterocycles. The first kappa shape index (κ1) is 11.3. The summed E-state index contributed by atoms with van der Waals surface area (Å²) in [5.41, 5.74) is 2.94. The van der Waals surface area contributed by atoms with Crippen LogP contribution in [0.25, 0.3) is 11.4 Å². The van der Waals surface area contributed by atoms with E-state index < -0.39 is 0 Å². The van der Waals surface area contributed by atoms with Gasteiger partial charge in [0, 0.05) is 13.2 Å². The lowest BCUT2D eigenvalue weighted by Gasteiger charge is -2.18. The molecule has 18 heavy (non-hydrogen) atoms. The van der Waals surface area contributed by atoms with Crippen molar-refractivity contribution in [3.63, 3.8) is 0 Å². The molecule has 0 N–H and O–H groups in total. The Kier molecular flexibility index (Phi) is 2.83. The van der Waals surface area contributed by atoms with Gasteiger partial charge >= 0.3 is 0 Å². The molecule has 1 aliphatic heterocycles. The minimum Gasteiger partial charge on any atom is -0.298 e. The van der Waals surface area contributed by atoms with Crippen LogP contribution >= 0.6 is 0 Å². The van der Waals surface area contributed by atoms with Crippen molar-refractivity contribution in [2.75, 3.05) is 13.6 Å². The van der Waals surface area contributed by atoms with E-state index in [1.165, 1.54) is 12.8 Å². The van der Waals surface area contributed by atoms with Crippen molar-refractivity contribution in [3.8, 4) is 11.4 Å². The quantitative estimate of drug-likeness (QED) is 0.804. The highest BCUT2D eigenvalue weighted by atomic mass is 15.3. The Balaban J connectivity index is 1.87. The summed E-state index contributed by atoms with van der Waals surface area (Å²) >= 11 is 0. The molecule has 0 spiro atoms. The normalized spacial score (nSPS) is 20.4. The zero-order chi connectivity index (χ0) is 12.5. The lowest BCUT2D eigenvalue weighted by molar-refractivity contribution is 0.311. The van der Waals surface area contributed by atoms with E-state index in [9.17, 15) is 0 Å². The smallest absolute Gasteiger partial charge is 0.107 e. The van der Waals surface area contributed by atoms with Crippen molar-refractivity contribution in [2.24, 2.45) is 7.05 Å². The summed E-state index contributed by atoms with van der Waals surface area (Å²) < 4.78 is 1.81. The molecule has 0 bridgehead atoms. The van der Waals surface area contributed by atoms with Crippen molar-refractivity contribution in [2.45, 2.75) is 18.9 Å². The fourth-order valence-electron chi connectivity index (χ4n) is 2.55. The molecule has 1 fully saturated rings. The molecule has 94 valence electrons. The van der Waals surface area contributed by atoms with Gasteiger partial charge < -0.3 is 0 Å². The molecule has 0 saturated carbocycles. The zero-order valence-corrected chi connectivity index (χ0v) is 10.7. The highest BCUT2D eigenvalue weighted by Crippen LogP contribution is 2.28. The van der Waals surface area contributed by atoms with Crippen LogP contribution < -0.4 is 0 Å². The lowest BCUT2D eigenvalue weighted by Crippen LogP contribution is -2.18. The van der Waals surface area contributed by atoms with Crippen molar-refractivity contribution in [1.29, 1.82) is 0 Å². The maximum atomic E-state index is 4.56. The first-order valence-corrected chi connectivity index (χ1v) is 6.26. The monoisotopic (exact) mass is 243 g/mol. The number of aryl methyl sites for hydroxylation is 1. The SMILES string of the molecule is CN1CCC[C@@H]1c1cnc(-c2ccnn2C)cn1. The largest absolute Gasteiger partial charge is 0.298 e. The van der Waals surface area contributed by atoms with E-state index in [0.717, 1.165) is 23.6 Å². The predicted octanol–water partition coefficient (Wildman–Crippen LogP) is 1.64. The van der Waals surface area contributed by atoms with Crippen molar-refractivity contribution in [1.82, 2.24) is 24.6 Å². The Morgan fingerprint density at radius 3 is 2.67 bits per heavy atom. The molecule has 5 nitrogen and oxygen atoms in total. The number of rotatable bonds is 2. The standard InChI is InChI=1S/C13H17N5/c1-17-7-3-4-12(17)10-8-15-11(9-14-10)13-5-6-16-18(13)2/h5-6,8-9,12H,3-4,7H2,1-2H3/t12-/m1/s1. The molecule has 1 atom stereocenters. The van der Waals surface area contributed by atoms with E-state index >= 15 is 0 Å². The molecule has 5 heteroatoms. The molecule has 1 saturated heterocycles. The van der Waals surface area contributed by atoms with E-state index in [1.54, 1.807) is 6.20 Å². The van der Waals surface area contributed by atoms with Crippen LogP contribution in [0.2, 0.25) is 0 Å². The molecular formula is C13H17N5. The van der Waals surface area contributed by atoms with Crippen LogP contribution in [0.1, 0.15) is 24.6 Å². The number of nitrogens with zero attached hydrogens (tertiary/aromatic N) is 5. The van der Waals surface area contributed by atoms with Crippen molar-refractivity contribution < 1.29 is 0 Å². The van der Waals surface area contributed by atoms with Crippen LogP contribution in [-0.4, -0.2) is 38.2 Å². The van der Waals surface area contributed by atoms with Crippen LogP contribution in [0.3, 0.4) is 0 Å². The van der Waals surface area contributed by atoms with E-state index in [2.05, 4.69) is 27.0 Å². The van der Waals surface area contributed by atoms with Crippen LogP contribution in [0.4, 0.5) is 0 Å². The molecule has 0 amide bonds. The van der Waals surface area contributed by atoms with Gasteiger partial charge in [-0.1, -0.05) is 0 Å². The molecule has 0 unspecified atom stereocenters. The minimum absolute atomic E-state index is 0.429. The minimum atomic E-state index is 0.429. The van der Waals surface area contributed by atoms with Gasteiger partial charge in [-0.25, -0.2) is 0 Å².